The summed E-state index contributed by atoms with van der Waals surface area (Å²) in [7, 11) is -2.20. The van der Waals surface area contributed by atoms with Gasteiger partial charge in [-0.05, 0) is 79.1 Å². The number of hydrogen-bond acceptors (Lipinski definition) is 5. The molecule has 1 amide bonds. The average molecular weight is 467 g/mol. The van der Waals surface area contributed by atoms with E-state index in [0.717, 1.165) is 16.7 Å². The quantitative estimate of drug-likeness (QED) is 0.524. The number of hydrogen-bond donors (Lipinski definition) is 1. The van der Waals surface area contributed by atoms with Crippen LogP contribution in [0.25, 0.3) is 0 Å². The number of aryl methyl sites for hydroxylation is 2. The van der Waals surface area contributed by atoms with Crippen LogP contribution >= 0.6 is 0 Å². The molecule has 0 unspecified atom stereocenters. The zero-order valence-electron chi connectivity index (χ0n) is 19.0. The normalized spacial score (nSPS) is 11.0. The molecule has 0 radical (unpaired) electrons. The molecule has 0 aliphatic carbocycles. The molecule has 3 aromatic rings. The smallest absolute Gasteiger partial charge is 0.337 e. The Labute approximate surface area is 194 Å². The van der Waals surface area contributed by atoms with Crippen LogP contribution in [0, 0.1) is 13.8 Å². The minimum Gasteiger partial charge on any atom is -0.465 e. The molecule has 0 fully saturated rings. The van der Waals surface area contributed by atoms with Crippen molar-refractivity contribution in [1.82, 2.24) is 0 Å². The van der Waals surface area contributed by atoms with Crippen LogP contribution in [0.3, 0.4) is 0 Å². The average Bonchev–Trinajstić information content (AvgIpc) is 2.79. The Morgan fingerprint density at radius 3 is 2.03 bits per heavy atom. The third-order valence-electron chi connectivity index (χ3n) is 5.28. The molecule has 3 rings (SSSR count). The summed E-state index contributed by atoms with van der Waals surface area (Å²) in [5, 5.41) is 2.77. The highest BCUT2D eigenvalue weighted by atomic mass is 32.2. The lowest BCUT2D eigenvalue weighted by Crippen LogP contribution is -2.29. The fraction of sp³-hybridized carbons (Fsp3) is 0.200. The number of nitrogens with zero attached hydrogens (tertiary/aromatic N) is 1. The van der Waals surface area contributed by atoms with Crippen LogP contribution < -0.4 is 9.62 Å². The van der Waals surface area contributed by atoms with Gasteiger partial charge in [0.1, 0.15) is 0 Å². The lowest BCUT2D eigenvalue weighted by atomic mass is 10.1. The van der Waals surface area contributed by atoms with Gasteiger partial charge < -0.3 is 10.1 Å². The highest BCUT2D eigenvalue weighted by molar-refractivity contribution is 7.92. The molecule has 0 aliphatic rings. The van der Waals surface area contributed by atoms with E-state index in [1.807, 2.05) is 26.0 Å². The van der Waals surface area contributed by atoms with Gasteiger partial charge in [-0.25, -0.2) is 13.2 Å². The van der Waals surface area contributed by atoms with E-state index in [1.165, 1.54) is 17.7 Å². The molecule has 33 heavy (non-hydrogen) atoms. The van der Waals surface area contributed by atoms with Gasteiger partial charge in [0.25, 0.3) is 5.91 Å². The van der Waals surface area contributed by atoms with Crippen molar-refractivity contribution in [3.63, 3.8) is 0 Å². The second-order valence-electron chi connectivity index (χ2n) is 7.76. The molecule has 0 spiro atoms. The Morgan fingerprint density at radius 2 is 1.48 bits per heavy atom. The van der Waals surface area contributed by atoms with Crippen molar-refractivity contribution < 1.29 is 22.7 Å². The molecule has 7 nitrogen and oxygen atoms in total. The van der Waals surface area contributed by atoms with Crippen molar-refractivity contribution in [2.24, 2.45) is 0 Å². The second kappa shape index (κ2) is 9.87. The molecule has 1 N–H and O–H groups in total. The molecule has 3 aromatic carbocycles. The van der Waals surface area contributed by atoms with Crippen molar-refractivity contribution >= 4 is 33.3 Å². The molecule has 0 bridgehead atoms. The van der Waals surface area contributed by atoms with Gasteiger partial charge in [-0.1, -0.05) is 18.2 Å². The topological polar surface area (TPSA) is 92.8 Å². The van der Waals surface area contributed by atoms with Crippen molar-refractivity contribution in [2.45, 2.75) is 20.4 Å². The van der Waals surface area contributed by atoms with Crippen LogP contribution in [-0.2, 0) is 21.3 Å². The number of carbonyl (C=O) groups excluding carboxylic acids is 2. The van der Waals surface area contributed by atoms with Gasteiger partial charge >= 0.3 is 5.97 Å². The van der Waals surface area contributed by atoms with Crippen LogP contribution in [-0.4, -0.2) is 33.7 Å². The Hall–Kier alpha value is -3.65. The van der Waals surface area contributed by atoms with Gasteiger partial charge in [0.2, 0.25) is 10.0 Å². The first-order chi connectivity index (χ1) is 15.6. The van der Waals surface area contributed by atoms with Gasteiger partial charge in [-0.2, -0.15) is 0 Å². The first-order valence-electron chi connectivity index (χ1n) is 10.2. The lowest BCUT2D eigenvalue weighted by Gasteiger charge is -2.23. The third kappa shape index (κ3) is 5.98. The number of rotatable bonds is 7. The summed E-state index contributed by atoms with van der Waals surface area (Å²) in [5.74, 6) is -0.770. The van der Waals surface area contributed by atoms with Gasteiger partial charge in [0.15, 0.2) is 0 Å². The summed E-state index contributed by atoms with van der Waals surface area (Å²) in [6.07, 6.45) is 1.18. The van der Waals surface area contributed by atoms with Crippen LogP contribution in [0.5, 0.6) is 0 Å². The number of sulfonamides is 1. The van der Waals surface area contributed by atoms with Crippen LogP contribution in [0.1, 0.15) is 37.4 Å². The second-order valence-corrected chi connectivity index (χ2v) is 9.66. The van der Waals surface area contributed by atoms with E-state index in [0.29, 0.717) is 22.5 Å². The molecule has 0 atom stereocenters. The molecule has 0 heterocycles. The largest absolute Gasteiger partial charge is 0.465 e. The lowest BCUT2D eigenvalue weighted by molar-refractivity contribution is 0.0600. The number of benzene rings is 3. The fourth-order valence-corrected chi connectivity index (χ4v) is 4.10. The maximum atomic E-state index is 12.6. The molecule has 0 saturated carbocycles. The third-order valence-corrected chi connectivity index (χ3v) is 6.43. The summed E-state index contributed by atoms with van der Waals surface area (Å²) in [5.41, 5.74) is 4.78. The highest BCUT2D eigenvalue weighted by Gasteiger charge is 2.19. The van der Waals surface area contributed by atoms with E-state index >= 15 is 0 Å². The zero-order chi connectivity index (χ0) is 24.2. The number of amides is 1. The molecular weight excluding hydrogens is 440 g/mol. The number of esters is 1. The maximum absolute atomic E-state index is 12.6. The molecular formula is C25H26N2O5S. The number of methoxy groups -OCH3 is 1. The Kier molecular flexibility index (Phi) is 7.18. The minimum atomic E-state index is -3.50. The van der Waals surface area contributed by atoms with E-state index in [4.69, 9.17) is 0 Å². The minimum absolute atomic E-state index is 0.151. The summed E-state index contributed by atoms with van der Waals surface area (Å²) in [6, 6.07) is 18.7. The number of anilines is 2. The summed E-state index contributed by atoms with van der Waals surface area (Å²) in [4.78, 5) is 24.1. The van der Waals surface area contributed by atoms with E-state index < -0.39 is 16.0 Å². The standard InChI is InChI=1S/C25H26N2O5S/c1-17-5-14-23(15-18(17)2)27(33(4,30)31)16-19-6-8-20(9-7-19)24(28)26-22-12-10-21(11-13-22)25(29)32-3/h5-15H,16H2,1-4H3,(H,26,28). The number of ether oxygens (including phenoxy) is 1. The van der Waals surface area contributed by atoms with E-state index in [9.17, 15) is 18.0 Å². The van der Waals surface area contributed by atoms with E-state index in [2.05, 4.69) is 10.1 Å². The SMILES string of the molecule is COC(=O)c1ccc(NC(=O)c2ccc(CN(c3ccc(C)c(C)c3)S(C)(=O)=O)cc2)cc1. The van der Waals surface area contributed by atoms with Crippen molar-refractivity contribution in [1.29, 1.82) is 0 Å². The molecule has 172 valence electrons. The Morgan fingerprint density at radius 1 is 0.879 bits per heavy atom. The first kappa shape index (κ1) is 24.0. The maximum Gasteiger partial charge on any atom is 0.337 e. The van der Waals surface area contributed by atoms with Crippen molar-refractivity contribution in [2.75, 3.05) is 23.0 Å². The van der Waals surface area contributed by atoms with Gasteiger partial charge in [-0.3, -0.25) is 9.10 Å². The zero-order valence-corrected chi connectivity index (χ0v) is 19.8. The van der Waals surface area contributed by atoms with E-state index in [-0.39, 0.29) is 12.5 Å². The first-order valence-corrected chi connectivity index (χ1v) is 12.1. The van der Waals surface area contributed by atoms with Gasteiger partial charge in [0.05, 0.1) is 31.2 Å². The molecule has 0 aromatic heterocycles. The summed E-state index contributed by atoms with van der Waals surface area (Å²) >= 11 is 0. The summed E-state index contributed by atoms with van der Waals surface area (Å²) < 4.78 is 30.9. The Bertz CT molecular complexity index is 1270. The number of nitrogens with one attached hydrogen (secondary N) is 1. The van der Waals surface area contributed by atoms with Crippen LogP contribution in [0.15, 0.2) is 66.7 Å². The van der Waals surface area contributed by atoms with E-state index in [1.54, 1.807) is 54.6 Å². The summed E-state index contributed by atoms with van der Waals surface area (Å²) in [6.45, 7) is 4.06. The van der Waals surface area contributed by atoms with Crippen LogP contribution in [0.2, 0.25) is 0 Å². The predicted molar refractivity (Wildman–Crippen MR) is 129 cm³/mol. The predicted octanol–water partition coefficient (Wildman–Crippen LogP) is 4.31. The highest BCUT2D eigenvalue weighted by Crippen LogP contribution is 2.24. The Balaban J connectivity index is 1.73. The monoisotopic (exact) mass is 466 g/mol. The fourth-order valence-electron chi connectivity index (χ4n) is 3.22. The molecule has 0 aliphatic heterocycles. The molecule has 8 heteroatoms. The van der Waals surface area contributed by atoms with Gasteiger partial charge in [0, 0.05) is 11.3 Å². The van der Waals surface area contributed by atoms with Crippen LogP contribution in [0.4, 0.5) is 11.4 Å². The number of carbonyl (C=O) groups is 2. The van der Waals surface area contributed by atoms with Crippen molar-refractivity contribution in [3.05, 3.63) is 94.5 Å². The molecule has 0 saturated heterocycles. The van der Waals surface area contributed by atoms with Crippen molar-refractivity contribution in [3.8, 4) is 0 Å². The van der Waals surface area contributed by atoms with Gasteiger partial charge in [-0.15, -0.1) is 0 Å².